The summed E-state index contributed by atoms with van der Waals surface area (Å²) in [5, 5.41) is 13.6. The van der Waals surface area contributed by atoms with E-state index in [1.165, 1.54) is 0 Å². The maximum Gasteiger partial charge on any atom is 0.225 e. The van der Waals surface area contributed by atoms with Gasteiger partial charge in [-0.1, -0.05) is 18.2 Å². The van der Waals surface area contributed by atoms with Gasteiger partial charge in [0, 0.05) is 24.0 Å². The number of hydrogen-bond donors (Lipinski definition) is 1. The van der Waals surface area contributed by atoms with Crippen LogP contribution in [0, 0.1) is 17.2 Å². The Hall–Kier alpha value is -2.61. The van der Waals surface area contributed by atoms with Gasteiger partial charge in [-0.2, -0.15) is 5.26 Å². The molecule has 2 heterocycles. The largest absolute Gasteiger partial charge is 0.355 e. The second-order valence-electron chi connectivity index (χ2n) is 7.69. The number of carbonyl (C=O) groups is 1. The van der Waals surface area contributed by atoms with E-state index in [0.717, 1.165) is 30.3 Å². The number of amides is 1. The number of benzene rings is 1. The van der Waals surface area contributed by atoms with Gasteiger partial charge in [-0.15, -0.1) is 0 Å². The van der Waals surface area contributed by atoms with Gasteiger partial charge >= 0.3 is 0 Å². The molecule has 0 radical (unpaired) electrons. The number of hydrogen-bond acceptors (Lipinski definition) is 4. The zero-order valence-corrected chi connectivity index (χ0v) is 15.0. The number of nitrogens with zero attached hydrogens (tertiary/aromatic N) is 3. The molecule has 25 heavy (non-hydrogen) atoms. The SMILES string of the molecule is CC(C)(C)NC(=O)C1CCCN(c2nc3ccccc3cc2C#N)C1. The van der Waals surface area contributed by atoms with Crippen LogP contribution in [0.3, 0.4) is 0 Å². The molecular weight excluding hydrogens is 312 g/mol. The molecule has 1 atom stereocenters. The summed E-state index contributed by atoms with van der Waals surface area (Å²) in [4.78, 5) is 19.3. The first-order chi connectivity index (χ1) is 11.9. The summed E-state index contributed by atoms with van der Waals surface area (Å²) in [6, 6.07) is 11.9. The van der Waals surface area contributed by atoms with Crippen LogP contribution < -0.4 is 10.2 Å². The quantitative estimate of drug-likeness (QED) is 0.914. The minimum atomic E-state index is -0.238. The number of nitrogens with one attached hydrogen (secondary N) is 1. The highest BCUT2D eigenvalue weighted by Crippen LogP contribution is 2.27. The van der Waals surface area contributed by atoms with Gasteiger partial charge in [0.05, 0.1) is 17.0 Å². The van der Waals surface area contributed by atoms with Crippen molar-refractivity contribution >= 4 is 22.6 Å². The van der Waals surface area contributed by atoms with Crippen LogP contribution in [0.15, 0.2) is 30.3 Å². The van der Waals surface area contributed by atoms with Crippen LogP contribution in [0.2, 0.25) is 0 Å². The molecular formula is C20H24N4O. The van der Waals surface area contributed by atoms with Gasteiger partial charge in [0.15, 0.2) is 0 Å². The molecule has 5 heteroatoms. The monoisotopic (exact) mass is 336 g/mol. The number of nitriles is 1. The van der Waals surface area contributed by atoms with E-state index >= 15 is 0 Å². The molecule has 1 amide bonds. The van der Waals surface area contributed by atoms with E-state index < -0.39 is 0 Å². The van der Waals surface area contributed by atoms with E-state index in [1.807, 2.05) is 51.1 Å². The molecule has 1 aromatic carbocycles. The second-order valence-corrected chi connectivity index (χ2v) is 7.69. The molecule has 1 aliphatic heterocycles. The number of rotatable bonds is 2. The lowest BCUT2D eigenvalue weighted by Gasteiger charge is -2.34. The van der Waals surface area contributed by atoms with Crippen molar-refractivity contribution in [1.29, 1.82) is 5.26 Å². The highest BCUT2D eigenvalue weighted by atomic mass is 16.2. The summed E-state index contributed by atoms with van der Waals surface area (Å²) in [6.45, 7) is 7.39. The summed E-state index contributed by atoms with van der Waals surface area (Å²) < 4.78 is 0. The van der Waals surface area contributed by atoms with E-state index in [2.05, 4.69) is 16.3 Å². The second kappa shape index (κ2) is 6.72. The number of fused-ring (bicyclic) bond motifs is 1. The van der Waals surface area contributed by atoms with Crippen LogP contribution in [0.25, 0.3) is 10.9 Å². The minimum absolute atomic E-state index is 0.0761. The van der Waals surface area contributed by atoms with E-state index in [-0.39, 0.29) is 17.4 Å². The first kappa shape index (κ1) is 17.2. The number of para-hydroxylation sites is 1. The van der Waals surface area contributed by atoms with Crippen LogP contribution >= 0.6 is 0 Å². The fraction of sp³-hybridized carbons (Fsp3) is 0.450. The Labute approximate surface area is 148 Å². The van der Waals surface area contributed by atoms with Gasteiger partial charge in [-0.3, -0.25) is 4.79 Å². The van der Waals surface area contributed by atoms with E-state index in [4.69, 9.17) is 4.98 Å². The number of aromatic nitrogens is 1. The van der Waals surface area contributed by atoms with Gasteiger partial charge in [0.25, 0.3) is 0 Å². The molecule has 1 unspecified atom stereocenters. The van der Waals surface area contributed by atoms with Crippen molar-refractivity contribution in [3.63, 3.8) is 0 Å². The minimum Gasteiger partial charge on any atom is -0.355 e. The Bertz CT molecular complexity index is 832. The topological polar surface area (TPSA) is 69.0 Å². The molecule has 0 aliphatic carbocycles. The highest BCUT2D eigenvalue weighted by molar-refractivity contribution is 5.84. The molecule has 1 aromatic heterocycles. The summed E-state index contributed by atoms with van der Waals surface area (Å²) in [7, 11) is 0. The van der Waals surface area contributed by atoms with E-state index in [9.17, 15) is 10.1 Å². The molecule has 1 saturated heterocycles. The zero-order chi connectivity index (χ0) is 18.0. The van der Waals surface area contributed by atoms with E-state index in [0.29, 0.717) is 17.9 Å². The van der Waals surface area contributed by atoms with Crippen molar-refractivity contribution in [3.05, 3.63) is 35.9 Å². The number of pyridine rings is 1. The van der Waals surface area contributed by atoms with Gasteiger partial charge in [0.1, 0.15) is 11.9 Å². The van der Waals surface area contributed by atoms with E-state index in [1.54, 1.807) is 0 Å². The highest BCUT2D eigenvalue weighted by Gasteiger charge is 2.29. The molecule has 1 N–H and O–H groups in total. The molecule has 3 rings (SSSR count). The number of piperidine rings is 1. The predicted octanol–water partition coefficient (Wildman–Crippen LogP) is 3.24. The molecule has 0 saturated carbocycles. The van der Waals surface area contributed by atoms with Crippen molar-refractivity contribution < 1.29 is 4.79 Å². The fourth-order valence-electron chi connectivity index (χ4n) is 3.28. The molecule has 130 valence electrons. The Morgan fingerprint density at radius 2 is 2.12 bits per heavy atom. The zero-order valence-electron chi connectivity index (χ0n) is 15.0. The Morgan fingerprint density at radius 3 is 2.84 bits per heavy atom. The van der Waals surface area contributed by atoms with Gasteiger partial charge in [0.2, 0.25) is 5.91 Å². The van der Waals surface area contributed by atoms with Crippen LogP contribution in [-0.4, -0.2) is 29.5 Å². The molecule has 5 nitrogen and oxygen atoms in total. The normalized spacial score (nSPS) is 18.0. The Kier molecular flexibility index (Phi) is 4.63. The molecule has 1 fully saturated rings. The number of carbonyl (C=O) groups excluding carboxylic acids is 1. The van der Waals surface area contributed by atoms with Crippen LogP contribution in [0.1, 0.15) is 39.2 Å². The van der Waals surface area contributed by atoms with Crippen molar-refractivity contribution in [3.8, 4) is 6.07 Å². The average molecular weight is 336 g/mol. The van der Waals surface area contributed by atoms with Crippen molar-refractivity contribution in [2.45, 2.75) is 39.2 Å². The van der Waals surface area contributed by atoms with Gasteiger partial charge < -0.3 is 10.2 Å². The van der Waals surface area contributed by atoms with Crippen molar-refractivity contribution in [2.75, 3.05) is 18.0 Å². The van der Waals surface area contributed by atoms with Gasteiger partial charge in [-0.05, 0) is 45.7 Å². The molecule has 0 spiro atoms. The van der Waals surface area contributed by atoms with Crippen LogP contribution in [0.4, 0.5) is 5.82 Å². The predicted molar refractivity (Wildman–Crippen MR) is 99.3 cm³/mol. The van der Waals surface area contributed by atoms with Crippen molar-refractivity contribution in [1.82, 2.24) is 10.3 Å². The average Bonchev–Trinajstić information content (AvgIpc) is 2.59. The summed E-state index contributed by atoms with van der Waals surface area (Å²) in [6.07, 6.45) is 1.79. The lowest BCUT2D eigenvalue weighted by atomic mass is 9.95. The lowest BCUT2D eigenvalue weighted by Crippen LogP contribution is -2.49. The first-order valence-electron chi connectivity index (χ1n) is 8.74. The van der Waals surface area contributed by atoms with Gasteiger partial charge in [-0.25, -0.2) is 4.98 Å². The Balaban J connectivity index is 1.87. The smallest absolute Gasteiger partial charge is 0.225 e. The molecule has 0 bridgehead atoms. The third kappa shape index (κ3) is 3.90. The third-order valence-electron chi connectivity index (χ3n) is 4.41. The summed E-state index contributed by atoms with van der Waals surface area (Å²) in [5.41, 5.74) is 1.20. The lowest BCUT2D eigenvalue weighted by molar-refractivity contribution is -0.126. The molecule has 1 aliphatic rings. The van der Waals surface area contributed by atoms with Crippen LogP contribution in [0.5, 0.6) is 0 Å². The summed E-state index contributed by atoms with van der Waals surface area (Å²) >= 11 is 0. The Morgan fingerprint density at radius 1 is 1.36 bits per heavy atom. The van der Waals surface area contributed by atoms with Crippen molar-refractivity contribution in [2.24, 2.45) is 5.92 Å². The van der Waals surface area contributed by atoms with Crippen LogP contribution in [-0.2, 0) is 4.79 Å². The number of anilines is 1. The fourth-order valence-corrected chi connectivity index (χ4v) is 3.28. The third-order valence-corrected chi connectivity index (χ3v) is 4.41. The standard InChI is InChI=1S/C20H24N4O/c1-20(2,3)23-19(25)15-8-6-10-24(13-15)18-16(12-21)11-14-7-4-5-9-17(14)22-18/h4-5,7,9,11,15H,6,8,10,13H2,1-3H3,(H,23,25). The summed E-state index contributed by atoms with van der Waals surface area (Å²) in [5.74, 6) is 0.693. The maximum atomic E-state index is 12.5. The maximum absolute atomic E-state index is 12.5. The molecule has 2 aromatic rings. The first-order valence-corrected chi connectivity index (χ1v) is 8.74.